The normalized spacial score (nSPS) is 22.3. The highest BCUT2D eigenvalue weighted by atomic mass is 16.2. The zero-order valence-electron chi connectivity index (χ0n) is 9.08. The van der Waals surface area contributed by atoms with Crippen molar-refractivity contribution in [3.05, 3.63) is 0 Å². The Balaban J connectivity index is 2.21. The SMILES string of the molecule is CCCC(N)CC(=O)NC1CNC(=O)C1. The van der Waals surface area contributed by atoms with Crippen LogP contribution in [0.25, 0.3) is 0 Å². The maximum Gasteiger partial charge on any atom is 0.222 e. The summed E-state index contributed by atoms with van der Waals surface area (Å²) in [7, 11) is 0. The van der Waals surface area contributed by atoms with Crippen LogP contribution in [-0.2, 0) is 9.59 Å². The molecule has 0 saturated carbocycles. The van der Waals surface area contributed by atoms with Gasteiger partial charge < -0.3 is 16.4 Å². The van der Waals surface area contributed by atoms with Crippen molar-refractivity contribution >= 4 is 11.8 Å². The second-order valence-corrected chi connectivity index (χ2v) is 4.03. The number of hydrogen-bond acceptors (Lipinski definition) is 3. The molecule has 0 radical (unpaired) electrons. The van der Waals surface area contributed by atoms with Crippen LogP contribution in [0.5, 0.6) is 0 Å². The molecular weight excluding hydrogens is 194 g/mol. The van der Waals surface area contributed by atoms with E-state index in [1.807, 2.05) is 6.92 Å². The molecule has 4 N–H and O–H groups in total. The van der Waals surface area contributed by atoms with E-state index in [-0.39, 0.29) is 23.9 Å². The van der Waals surface area contributed by atoms with Crippen molar-refractivity contribution < 1.29 is 9.59 Å². The van der Waals surface area contributed by atoms with Gasteiger partial charge in [-0.3, -0.25) is 9.59 Å². The molecule has 2 atom stereocenters. The lowest BCUT2D eigenvalue weighted by molar-refractivity contribution is -0.122. The largest absolute Gasteiger partial charge is 0.354 e. The molecule has 1 aliphatic rings. The Kier molecular flexibility index (Phi) is 4.55. The van der Waals surface area contributed by atoms with Crippen LogP contribution in [0, 0.1) is 0 Å². The van der Waals surface area contributed by atoms with Gasteiger partial charge in [0.25, 0.3) is 0 Å². The average Bonchev–Trinajstić information content (AvgIpc) is 2.51. The fraction of sp³-hybridized carbons (Fsp3) is 0.800. The molecule has 5 heteroatoms. The molecule has 0 aromatic heterocycles. The third-order valence-corrected chi connectivity index (χ3v) is 2.45. The smallest absolute Gasteiger partial charge is 0.222 e. The van der Waals surface area contributed by atoms with Crippen LogP contribution in [0.15, 0.2) is 0 Å². The number of amides is 2. The maximum absolute atomic E-state index is 11.5. The number of nitrogens with one attached hydrogen (secondary N) is 2. The summed E-state index contributed by atoms with van der Waals surface area (Å²) in [6, 6.07) is -0.126. The summed E-state index contributed by atoms with van der Waals surface area (Å²) in [4.78, 5) is 22.3. The third kappa shape index (κ3) is 4.29. The van der Waals surface area contributed by atoms with Crippen LogP contribution >= 0.6 is 0 Å². The van der Waals surface area contributed by atoms with E-state index < -0.39 is 0 Å². The summed E-state index contributed by atoms with van der Waals surface area (Å²) in [5, 5.41) is 5.46. The first kappa shape index (κ1) is 12.0. The van der Waals surface area contributed by atoms with Crippen LogP contribution in [-0.4, -0.2) is 30.4 Å². The molecule has 1 aliphatic heterocycles. The van der Waals surface area contributed by atoms with Crippen molar-refractivity contribution in [2.45, 2.75) is 44.7 Å². The van der Waals surface area contributed by atoms with Gasteiger partial charge in [-0.1, -0.05) is 13.3 Å². The first-order chi connectivity index (χ1) is 7.11. The lowest BCUT2D eigenvalue weighted by Crippen LogP contribution is -2.39. The molecule has 0 bridgehead atoms. The summed E-state index contributed by atoms with van der Waals surface area (Å²) in [6.45, 7) is 2.57. The van der Waals surface area contributed by atoms with E-state index in [0.717, 1.165) is 12.8 Å². The highest BCUT2D eigenvalue weighted by Gasteiger charge is 2.23. The third-order valence-electron chi connectivity index (χ3n) is 2.45. The van der Waals surface area contributed by atoms with Crippen molar-refractivity contribution in [3.8, 4) is 0 Å². The fourth-order valence-electron chi connectivity index (χ4n) is 1.70. The summed E-state index contributed by atoms with van der Waals surface area (Å²) in [6.07, 6.45) is 2.57. The van der Waals surface area contributed by atoms with Gasteiger partial charge in [0.15, 0.2) is 0 Å². The topological polar surface area (TPSA) is 84.2 Å². The van der Waals surface area contributed by atoms with Crippen LogP contribution in [0.3, 0.4) is 0 Å². The van der Waals surface area contributed by atoms with Crippen LogP contribution in [0.1, 0.15) is 32.6 Å². The minimum absolute atomic E-state index is 0.00171. The van der Waals surface area contributed by atoms with Gasteiger partial charge in [0.2, 0.25) is 11.8 Å². The average molecular weight is 213 g/mol. The molecule has 0 aliphatic carbocycles. The molecule has 15 heavy (non-hydrogen) atoms. The van der Waals surface area contributed by atoms with Gasteiger partial charge in [-0.25, -0.2) is 0 Å². The van der Waals surface area contributed by atoms with Crippen molar-refractivity contribution in [1.29, 1.82) is 0 Å². The fourth-order valence-corrected chi connectivity index (χ4v) is 1.70. The van der Waals surface area contributed by atoms with Gasteiger partial charge in [0, 0.05) is 25.4 Å². The molecular formula is C10H19N3O2. The molecule has 5 nitrogen and oxygen atoms in total. The van der Waals surface area contributed by atoms with Crippen LogP contribution < -0.4 is 16.4 Å². The highest BCUT2D eigenvalue weighted by Crippen LogP contribution is 2.02. The molecule has 1 heterocycles. The van der Waals surface area contributed by atoms with Crippen LogP contribution in [0.2, 0.25) is 0 Å². The van der Waals surface area contributed by atoms with Gasteiger partial charge in [-0.2, -0.15) is 0 Å². The van der Waals surface area contributed by atoms with Gasteiger partial charge in [0.1, 0.15) is 0 Å². The van der Waals surface area contributed by atoms with Crippen molar-refractivity contribution in [3.63, 3.8) is 0 Å². The molecule has 86 valence electrons. The molecule has 1 saturated heterocycles. The number of hydrogen-bond donors (Lipinski definition) is 3. The molecule has 1 rings (SSSR count). The maximum atomic E-state index is 11.5. The number of carbonyl (C=O) groups is 2. The number of nitrogens with two attached hydrogens (primary N) is 1. The van der Waals surface area contributed by atoms with Gasteiger partial charge in [-0.15, -0.1) is 0 Å². The van der Waals surface area contributed by atoms with Crippen molar-refractivity contribution in [2.24, 2.45) is 5.73 Å². The Bertz CT molecular complexity index is 243. The Hall–Kier alpha value is -1.10. The highest BCUT2D eigenvalue weighted by molar-refractivity contribution is 5.82. The molecule has 2 unspecified atom stereocenters. The first-order valence-corrected chi connectivity index (χ1v) is 5.43. The van der Waals surface area contributed by atoms with E-state index in [1.165, 1.54) is 0 Å². The van der Waals surface area contributed by atoms with Gasteiger partial charge in [-0.05, 0) is 6.42 Å². The molecule has 0 aromatic carbocycles. The van der Waals surface area contributed by atoms with E-state index in [0.29, 0.717) is 19.4 Å². The predicted octanol–water partition coefficient (Wildman–Crippen LogP) is -0.491. The summed E-state index contributed by atoms with van der Waals surface area (Å²) < 4.78 is 0. The van der Waals surface area contributed by atoms with E-state index in [1.54, 1.807) is 0 Å². The minimum atomic E-state index is -0.0694. The van der Waals surface area contributed by atoms with E-state index in [2.05, 4.69) is 10.6 Å². The number of rotatable bonds is 5. The number of carbonyl (C=O) groups excluding carboxylic acids is 2. The summed E-state index contributed by atoms with van der Waals surface area (Å²) in [5.74, 6) is -0.0596. The zero-order valence-corrected chi connectivity index (χ0v) is 9.08. The molecule has 1 fully saturated rings. The Labute approximate surface area is 89.8 Å². The second kappa shape index (κ2) is 5.70. The molecule has 0 spiro atoms. The van der Waals surface area contributed by atoms with E-state index >= 15 is 0 Å². The van der Waals surface area contributed by atoms with Crippen molar-refractivity contribution in [2.75, 3.05) is 6.54 Å². The quantitative estimate of drug-likeness (QED) is 0.576. The van der Waals surface area contributed by atoms with Gasteiger partial charge in [0.05, 0.1) is 6.04 Å². The standard InChI is InChI=1S/C10H19N3O2/c1-2-3-7(11)4-10(15)13-8-5-9(14)12-6-8/h7-8H,2-6,11H2,1H3,(H,12,14)(H,13,15). The summed E-state index contributed by atoms with van der Waals surface area (Å²) in [5.41, 5.74) is 5.74. The predicted molar refractivity (Wildman–Crippen MR) is 57.1 cm³/mol. The lowest BCUT2D eigenvalue weighted by atomic mass is 10.1. The van der Waals surface area contributed by atoms with Crippen LogP contribution in [0.4, 0.5) is 0 Å². The van der Waals surface area contributed by atoms with E-state index in [9.17, 15) is 9.59 Å². The second-order valence-electron chi connectivity index (χ2n) is 4.03. The van der Waals surface area contributed by atoms with E-state index in [4.69, 9.17) is 5.73 Å². The minimum Gasteiger partial charge on any atom is -0.354 e. The zero-order chi connectivity index (χ0) is 11.3. The summed E-state index contributed by atoms with van der Waals surface area (Å²) >= 11 is 0. The van der Waals surface area contributed by atoms with Gasteiger partial charge >= 0.3 is 0 Å². The Morgan fingerprint density at radius 3 is 3.00 bits per heavy atom. The first-order valence-electron chi connectivity index (χ1n) is 5.43. The molecule has 0 aromatic rings. The monoisotopic (exact) mass is 213 g/mol. The molecule has 2 amide bonds. The Morgan fingerprint density at radius 2 is 2.47 bits per heavy atom. The Morgan fingerprint density at radius 1 is 1.73 bits per heavy atom. The van der Waals surface area contributed by atoms with Crippen molar-refractivity contribution in [1.82, 2.24) is 10.6 Å². The lowest BCUT2D eigenvalue weighted by Gasteiger charge is -2.13.